The highest BCUT2D eigenvalue weighted by atomic mass is 32.1. The van der Waals surface area contributed by atoms with Crippen LogP contribution in [0.5, 0.6) is 0 Å². The van der Waals surface area contributed by atoms with E-state index < -0.39 is 0 Å². The van der Waals surface area contributed by atoms with Crippen molar-refractivity contribution in [2.75, 3.05) is 0 Å². The van der Waals surface area contributed by atoms with Gasteiger partial charge in [-0.25, -0.2) is 0 Å². The molecule has 2 nitrogen and oxygen atoms in total. The second kappa shape index (κ2) is 7.26. The van der Waals surface area contributed by atoms with E-state index in [2.05, 4.69) is 18.4 Å². The van der Waals surface area contributed by atoms with Crippen LogP contribution < -0.4 is 11.3 Å². The van der Waals surface area contributed by atoms with Gasteiger partial charge in [-0.15, -0.1) is 11.3 Å². The quantitative estimate of drug-likeness (QED) is 0.479. The zero-order valence-electron chi connectivity index (χ0n) is 13.4. The molecule has 3 atom stereocenters. The highest BCUT2D eigenvalue weighted by molar-refractivity contribution is 7.12. The minimum Gasteiger partial charge on any atom is -0.271 e. The minimum absolute atomic E-state index is 0.382. The molecule has 1 aromatic rings. The van der Waals surface area contributed by atoms with E-state index in [1.54, 1.807) is 10.4 Å². The maximum absolute atomic E-state index is 6.00. The van der Waals surface area contributed by atoms with Gasteiger partial charge in [0.2, 0.25) is 0 Å². The first-order valence-electron chi connectivity index (χ1n) is 8.91. The molecule has 0 amide bonds. The van der Waals surface area contributed by atoms with Gasteiger partial charge in [0.15, 0.2) is 0 Å². The molecule has 0 aliphatic heterocycles. The van der Waals surface area contributed by atoms with Gasteiger partial charge < -0.3 is 0 Å². The molecule has 1 fully saturated rings. The minimum atomic E-state index is 0.382. The zero-order chi connectivity index (χ0) is 14.7. The van der Waals surface area contributed by atoms with Crippen LogP contribution in [-0.4, -0.2) is 0 Å². The molecule has 0 spiro atoms. The standard InChI is InChI=1S/C18H30N2S/c1-2-13-8-6-7-10-15(13)18(20-19)17-12-14-9-4-3-5-11-16(14)21-17/h12-13,15,18,20H,2-11,19H2,1H3. The average molecular weight is 307 g/mol. The summed E-state index contributed by atoms with van der Waals surface area (Å²) in [5.74, 6) is 7.58. The van der Waals surface area contributed by atoms with E-state index in [1.807, 2.05) is 11.3 Å². The third kappa shape index (κ3) is 3.35. The summed E-state index contributed by atoms with van der Waals surface area (Å²) in [6.07, 6.45) is 13.5. The van der Waals surface area contributed by atoms with Gasteiger partial charge in [-0.05, 0) is 55.6 Å². The van der Waals surface area contributed by atoms with Crippen molar-refractivity contribution in [3.63, 3.8) is 0 Å². The molecular formula is C18H30N2S. The van der Waals surface area contributed by atoms with Crippen LogP contribution in [0.25, 0.3) is 0 Å². The van der Waals surface area contributed by atoms with E-state index in [-0.39, 0.29) is 0 Å². The first-order chi connectivity index (χ1) is 10.3. The van der Waals surface area contributed by atoms with Crippen LogP contribution in [0.1, 0.15) is 79.6 Å². The number of nitrogens with one attached hydrogen (secondary N) is 1. The van der Waals surface area contributed by atoms with Gasteiger partial charge in [0.05, 0.1) is 6.04 Å². The molecule has 3 N–H and O–H groups in total. The Bertz CT molecular complexity index is 431. The molecule has 3 heteroatoms. The monoisotopic (exact) mass is 306 g/mol. The largest absolute Gasteiger partial charge is 0.271 e. The third-order valence-electron chi connectivity index (χ3n) is 5.67. The number of hydrazine groups is 1. The Labute approximate surface area is 133 Å². The first kappa shape index (κ1) is 15.5. The first-order valence-corrected chi connectivity index (χ1v) is 9.72. The highest BCUT2D eigenvalue weighted by Gasteiger charge is 2.32. The fraction of sp³-hybridized carbons (Fsp3) is 0.778. The Hall–Kier alpha value is -0.380. The van der Waals surface area contributed by atoms with Crippen LogP contribution in [0, 0.1) is 11.8 Å². The van der Waals surface area contributed by atoms with Crippen molar-refractivity contribution in [2.24, 2.45) is 17.7 Å². The van der Waals surface area contributed by atoms with Crippen LogP contribution in [-0.2, 0) is 12.8 Å². The summed E-state index contributed by atoms with van der Waals surface area (Å²) in [6.45, 7) is 2.35. The van der Waals surface area contributed by atoms with Crippen molar-refractivity contribution in [3.8, 4) is 0 Å². The maximum Gasteiger partial charge on any atom is 0.0584 e. The Morgan fingerprint density at radius 2 is 2.00 bits per heavy atom. The fourth-order valence-electron chi connectivity index (χ4n) is 4.44. The van der Waals surface area contributed by atoms with E-state index in [0.29, 0.717) is 6.04 Å². The Kier molecular flexibility index (Phi) is 5.36. The zero-order valence-corrected chi connectivity index (χ0v) is 14.2. The van der Waals surface area contributed by atoms with Crippen molar-refractivity contribution in [1.82, 2.24) is 5.43 Å². The second-order valence-electron chi connectivity index (χ2n) is 6.92. The Morgan fingerprint density at radius 3 is 2.81 bits per heavy atom. The maximum atomic E-state index is 6.00. The molecule has 2 aliphatic carbocycles. The van der Waals surface area contributed by atoms with Crippen molar-refractivity contribution >= 4 is 11.3 Å². The molecule has 21 heavy (non-hydrogen) atoms. The van der Waals surface area contributed by atoms with E-state index in [0.717, 1.165) is 11.8 Å². The molecule has 0 radical (unpaired) electrons. The van der Waals surface area contributed by atoms with Crippen molar-refractivity contribution in [1.29, 1.82) is 0 Å². The predicted octanol–water partition coefficient (Wildman–Crippen LogP) is 4.74. The van der Waals surface area contributed by atoms with Crippen molar-refractivity contribution in [2.45, 2.75) is 77.2 Å². The van der Waals surface area contributed by atoms with E-state index in [1.165, 1.54) is 69.1 Å². The van der Waals surface area contributed by atoms with Gasteiger partial charge in [0, 0.05) is 9.75 Å². The molecule has 2 aliphatic rings. The topological polar surface area (TPSA) is 38.0 Å². The predicted molar refractivity (Wildman–Crippen MR) is 91.4 cm³/mol. The lowest BCUT2D eigenvalue weighted by molar-refractivity contribution is 0.178. The molecular weight excluding hydrogens is 276 g/mol. The molecule has 0 saturated heterocycles. The molecule has 3 unspecified atom stereocenters. The molecule has 1 saturated carbocycles. The number of thiophene rings is 1. The third-order valence-corrected chi connectivity index (χ3v) is 6.99. The smallest absolute Gasteiger partial charge is 0.0584 e. The molecule has 3 rings (SSSR count). The number of nitrogens with two attached hydrogens (primary N) is 1. The highest BCUT2D eigenvalue weighted by Crippen LogP contribution is 2.43. The second-order valence-corrected chi connectivity index (χ2v) is 8.09. The summed E-state index contributed by atoms with van der Waals surface area (Å²) in [5, 5.41) is 0. The SMILES string of the molecule is CCC1CCCCC1C(NN)c1cc2c(s1)CCCCC2. The van der Waals surface area contributed by atoms with Crippen LogP contribution in [0.2, 0.25) is 0 Å². The van der Waals surface area contributed by atoms with Gasteiger partial charge in [-0.2, -0.15) is 0 Å². The van der Waals surface area contributed by atoms with Crippen LogP contribution in [0.4, 0.5) is 0 Å². The Morgan fingerprint density at radius 1 is 1.19 bits per heavy atom. The molecule has 1 heterocycles. The van der Waals surface area contributed by atoms with E-state index >= 15 is 0 Å². The van der Waals surface area contributed by atoms with Crippen molar-refractivity contribution < 1.29 is 0 Å². The Balaban J connectivity index is 1.82. The summed E-state index contributed by atoms with van der Waals surface area (Å²) in [6, 6.07) is 2.86. The normalized spacial score (nSPS) is 27.9. The van der Waals surface area contributed by atoms with Crippen molar-refractivity contribution in [3.05, 3.63) is 21.4 Å². The van der Waals surface area contributed by atoms with Gasteiger partial charge in [0.1, 0.15) is 0 Å². The number of hydrogen-bond donors (Lipinski definition) is 2. The van der Waals surface area contributed by atoms with Gasteiger partial charge in [0.25, 0.3) is 0 Å². The summed E-state index contributed by atoms with van der Waals surface area (Å²) in [7, 11) is 0. The fourth-order valence-corrected chi connectivity index (χ4v) is 5.84. The number of fused-ring (bicyclic) bond motifs is 1. The van der Waals surface area contributed by atoms with Crippen LogP contribution in [0.3, 0.4) is 0 Å². The summed E-state index contributed by atoms with van der Waals surface area (Å²) in [4.78, 5) is 3.15. The van der Waals surface area contributed by atoms with Gasteiger partial charge in [-0.1, -0.05) is 39.0 Å². The molecule has 1 aromatic heterocycles. The van der Waals surface area contributed by atoms with Crippen LogP contribution >= 0.6 is 11.3 Å². The van der Waals surface area contributed by atoms with E-state index in [9.17, 15) is 0 Å². The lowest BCUT2D eigenvalue weighted by Crippen LogP contribution is -2.37. The van der Waals surface area contributed by atoms with Gasteiger partial charge in [-0.3, -0.25) is 11.3 Å². The number of rotatable bonds is 4. The average Bonchev–Trinajstić information content (AvgIpc) is 2.79. The lowest BCUT2D eigenvalue weighted by Gasteiger charge is -2.36. The number of aryl methyl sites for hydroxylation is 2. The molecule has 0 bridgehead atoms. The van der Waals surface area contributed by atoms with E-state index in [4.69, 9.17) is 5.84 Å². The number of hydrogen-bond acceptors (Lipinski definition) is 3. The summed E-state index contributed by atoms with van der Waals surface area (Å²) < 4.78 is 0. The van der Waals surface area contributed by atoms with Gasteiger partial charge >= 0.3 is 0 Å². The summed E-state index contributed by atoms with van der Waals surface area (Å²) in [5.41, 5.74) is 4.81. The van der Waals surface area contributed by atoms with Crippen LogP contribution in [0.15, 0.2) is 6.07 Å². The lowest BCUT2D eigenvalue weighted by atomic mass is 9.74. The molecule has 118 valence electrons. The summed E-state index contributed by atoms with van der Waals surface area (Å²) >= 11 is 2.05. The molecule has 0 aromatic carbocycles.